The number of anilines is 2. The molecule has 1 amide bonds. The molecule has 3 N–H and O–H groups in total. The van der Waals surface area contributed by atoms with Gasteiger partial charge in [-0.05, 0) is 12.1 Å². The Bertz CT molecular complexity index is 817. The summed E-state index contributed by atoms with van der Waals surface area (Å²) in [6.45, 7) is 0. The quantitative estimate of drug-likeness (QED) is 0.602. The average molecular weight is 428 g/mol. The predicted octanol–water partition coefficient (Wildman–Crippen LogP) is 3.74. The van der Waals surface area contributed by atoms with Crippen molar-refractivity contribution in [2.24, 2.45) is 0 Å². The zero-order chi connectivity index (χ0) is 16.2. The van der Waals surface area contributed by atoms with E-state index in [1.165, 1.54) is 34.4 Å². The van der Waals surface area contributed by atoms with Gasteiger partial charge >= 0.3 is 0 Å². The second-order valence-corrected chi connectivity index (χ2v) is 8.29. The van der Waals surface area contributed by atoms with Gasteiger partial charge in [0.05, 0.1) is 11.4 Å². The number of halogens is 1. The molecule has 0 aliphatic carbocycles. The second-order valence-electron chi connectivity index (χ2n) is 4.29. The number of carbonyl (C=O) groups excluding carboxylic acids is 1. The first-order chi connectivity index (χ1) is 11.1. The molecule has 0 radical (unpaired) electrons. The topological polar surface area (TPSA) is 93.8 Å². The summed E-state index contributed by atoms with van der Waals surface area (Å²) in [4.78, 5) is 16.4. The monoisotopic (exact) mass is 427 g/mol. The summed E-state index contributed by atoms with van der Waals surface area (Å²) < 4.78 is 1.69. The third-order valence-electron chi connectivity index (χ3n) is 2.64. The summed E-state index contributed by atoms with van der Waals surface area (Å²) in [6, 6.07) is 7.86. The molecule has 0 aliphatic heterocycles. The van der Waals surface area contributed by atoms with E-state index in [2.05, 4.69) is 36.4 Å². The number of aromatic nitrogens is 3. The number of carbonyl (C=O) groups is 1. The van der Waals surface area contributed by atoms with Crippen molar-refractivity contribution in [1.82, 2.24) is 15.2 Å². The fourth-order valence-electron chi connectivity index (χ4n) is 1.65. The number of hydrogen-bond donors (Lipinski definition) is 2. The Balaban J connectivity index is 1.58. The Morgan fingerprint density at radius 2 is 2.09 bits per heavy atom. The van der Waals surface area contributed by atoms with E-state index >= 15 is 0 Å². The molecule has 23 heavy (non-hydrogen) atoms. The van der Waals surface area contributed by atoms with Gasteiger partial charge in [-0.15, -0.1) is 21.5 Å². The van der Waals surface area contributed by atoms with Gasteiger partial charge in [0, 0.05) is 15.4 Å². The summed E-state index contributed by atoms with van der Waals surface area (Å²) in [6.07, 6.45) is 0. The summed E-state index contributed by atoms with van der Waals surface area (Å²) in [5, 5.41) is 13.2. The van der Waals surface area contributed by atoms with Gasteiger partial charge in [0.25, 0.3) is 0 Å². The van der Waals surface area contributed by atoms with Crippen molar-refractivity contribution in [3.8, 4) is 11.3 Å². The second kappa shape index (κ2) is 7.39. The number of nitrogens with one attached hydrogen (secondary N) is 1. The molecule has 0 aliphatic rings. The van der Waals surface area contributed by atoms with Crippen LogP contribution in [0.1, 0.15) is 0 Å². The fourth-order valence-corrected chi connectivity index (χ4v) is 4.08. The zero-order valence-corrected chi connectivity index (χ0v) is 15.6. The fraction of sp³-hybridized carbons (Fsp3) is 0.0769. The maximum Gasteiger partial charge on any atom is 0.236 e. The van der Waals surface area contributed by atoms with Gasteiger partial charge in [-0.25, -0.2) is 4.98 Å². The van der Waals surface area contributed by atoms with Gasteiger partial charge in [-0.3, -0.25) is 4.79 Å². The molecule has 0 fully saturated rings. The maximum absolute atomic E-state index is 11.9. The third kappa shape index (κ3) is 4.50. The molecule has 0 bridgehead atoms. The van der Waals surface area contributed by atoms with Crippen LogP contribution < -0.4 is 11.1 Å². The molecule has 0 saturated heterocycles. The van der Waals surface area contributed by atoms with Gasteiger partial charge in [0.1, 0.15) is 0 Å². The number of thiazole rings is 1. The Morgan fingerprint density at radius 3 is 2.78 bits per heavy atom. The van der Waals surface area contributed by atoms with E-state index in [4.69, 9.17) is 5.73 Å². The molecule has 2 aromatic heterocycles. The highest BCUT2D eigenvalue weighted by Crippen LogP contribution is 2.27. The van der Waals surface area contributed by atoms with Crippen molar-refractivity contribution in [2.75, 3.05) is 16.8 Å². The molecule has 0 saturated carbocycles. The van der Waals surface area contributed by atoms with Gasteiger partial charge in [0.15, 0.2) is 9.47 Å². The molecule has 0 unspecified atom stereocenters. The molecule has 1 aromatic carbocycles. The SMILES string of the molecule is Nc1nnc(SCC(=O)Nc2nc(-c3ccc(Br)cc3)cs2)s1. The van der Waals surface area contributed by atoms with Crippen molar-refractivity contribution in [1.29, 1.82) is 0 Å². The van der Waals surface area contributed by atoms with Crippen molar-refractivity contribution < 1.29 is 4.79 Å². The number of nitrogen functional groups attached to an aromatic ring is 1. The highest BCUT2D eigenvalue weighted by molar-refractivity contribution is 9.10. The van der Waals surface area contributed by atoms with Gasteiger partial charge in [-0.1, -0.05) is 51.2 Å². The Labute approximate surface area is 152 Å². The number of rotatable bonds is 5. The minimum atomic E-state index is -0.138. The first kappa shape index (κ1) is 16.4. The zero-order valence-electron chi connectivity index (χ0n) is 11.5. The predicted molar refractivity (Wildman–Crippen MR) is 98.9 cm³/mol. The lowest BCUT2D eigenvalue weighted by atomic mass is 10.2. The Morgan fingerprint density at radius 1 is 1.30 bits per heavy atom. The highest BCUT2D eigenvalue weighted by atomic mass is 79.9. The van der Waals surface area contributed by atoms with Crippen LogP contribution in [0.3, 0.4) is 0 Å². The molecule has 0 spiro atoms. The van der Waals surface area contributed by atoms with Crippen molar-refractivity contribution >= 4 is 66.5 Å². The highest BCUT2D eigenvalue weighted by Gasteiger charge is 2.10. The van der Waals surface area contributed by atoms with Crippen LogP contribution in [0.25, 0.3) is 11.3 Å². The first-order valence-corrected chi connectivity index (χ1v) is 9.81. The lowest BCUT2D eigenvalue weighted by Crippen LogP contribution is -2.13. The number of benzene rings is 1. The smallest absolute Gasteiger partial charge is 0.236 e. The molecule has 3 aromatic rings. The molecule has 10 heteroatoms. The molecular formula is C13H10BrN5OS3. The van der Waals surface area contributed by atoms with Crippen molar-refractivity contribution in [3.05, 3.63) is 34.1 Å². The van der Waals surface area contributed by atoms with Crippen molar-refractivity contribution in [2.45, 2.75) is 4.34 Å². The van der Waals surface area contributed by atoms with Crippen molar-refractivity contribution in [3.63, 3.8) is 0 Å². The largest absolute Gasteiger partial charge is 0.374 e. The molecule has 3 rings (SSSR count). The van der Waals surface area contributed by atoms with Crippen LogP contribution in [0.2, 0.25) is 0 Å². The molecule has 2 heterocycles. The van der Waals surface area contributed by atoms with E-state index in [1.807, 2.05) is 29.6 Å². The van der Waals surface area contributed by atoms with Crippen LogP contribution >= 0.6 is 50.4 Å². The minimum absolute atomic E-state index is 0.138. The third-order valence-corrected chi connectivity index (χ3v) is 5.81. The normalized spacial score (nSPS) is 10.7. The minimum Gasteiger partial charge on any atom is -0.374 e. The molecule has 6 nitrogen and oxygen atoms in total. The lowest BCUT2D eigenvalue weighted by Gasteiger charge is -1.99. The summed E-state index contributed by atoms with van der Waals surface area (Å²) in [5.41, 5.74) is 7.33. The summed E-state index contributed by atoms with van der Waals surface area (Å²) >= 11 is 7.35. The van der Waals surface area contributed by atoms with Gasteiger partial charge < -0.3 is 11.1 Å². The molecule has 0 atom stereocenters. The standard InChI is InChI=1S/C13H10BrN5OS3/c14-8-3-1-7(2-4-8)9-5-21-12(16-9)17-10(20)6-22-13-19-18-11(15)23-13/h1-5H,6H2,(H2,15,18)(H,16,17,20). The van der Waals surface area contributed by atoms with E-state index in [1.54, 1.807) is 0 Å². The molecular weight excluding hydrogens is 418 g/mol. The van der Waals surface area contributed by atoms with E-state index in [9.17, 15) is 4.79 Å². The van der Waals surface area contributed by atoms with Gasteiger partial charge in [-0.2, -0.15) is 0 Å². The van der Waals surface area contributed by atoms with E-state index in [0.717, 1.165) is 15.7 Å². The van der Waals surface area contributed by atoms with Crippen LogP contribution in [-0.4, -0.2) is 26.8 Å². The van der Waals surface area contributed by atoms with Crippen LogP contribution in [0.4, 0.5) is 10.3 Å². The van der Waals surface area contributed by atoms with E-state index in [-0.39, 0.29) is 11.7 Å². The lowest BCUT2D eigenvalue weighted by molar-refractivity contribution is -0.113. The van der Waals surface area contributed by atoms with Gasteiger partial charge in [0.2, 0.25) is 11.0 Å². The Hall–Kier alpha value is -1.49. The van der Waals surface area contributed by atoms with Crippen LogP contribution in [0, 0.1) is 0 Å². The van der Waals surface area contributed by atoms with Crippen LogP contribution in [-0.2, 0) is 4.79 Å². The van der Waals surface area contributed by atoms with Crippen LogP contribution in [0.5, 0.6) is 0 Å². The van der Waals surface area contributed by atoms with E-state index in [0.29, 0.717) is 14.6 Å². The number of thioether (sulfide) groups is 1. The Kier molecular flexibility index (Phi) is 5.26. The summed E-state index contributed by atoms with van der Waals surface area (Å²) in [5.74, 6) is 0.0995. The first-order valence-electron chi connectivity index (χ1n) is 6.33. The number of hydrogen-bond acceptors (Lipinski definition) is 8. The summed E-state index contributed by atoms with van der Waals surface area (Å²) in [7, 11) is 0. The maximum atomic E-state index is 11.9. The average Bonchev–Trinajstić information content (AvgIpc) is 3.15. The van der Waals surface area contributed by atoms with Crippen LogP contribution in [0.15, 0.2) is 38.5 Å². The van der Waals surface area contributed by atoms with E-state index < -0.39 is 0 Å². The number of nitrogens with zero attached hydrogens (tertiary/aromatic N) is 3. The molecule has 118 valence electrons. The number of amides is 1. The number of nitrogens with two attached hydrogens (primary N) is 1.